The Morgan fingerprint density at radius 2 is 1.84 bits per heavy atom. The molecule has 6 heteroatoms. The van der Waals surface area contributed by atoms with Crippen LogP contribution in [-0.2, 0) is 16.1 Å². The lowest BCUT2D eigenvalue weighted by atomic mass is 9.95. The molecule has 0 aliphatic heterocycles. The molecule has 4 nitrogen and oxygen atoms in total. The molecule has 19 heavy (non-hydrogen) atoms. The molecule has 1 aromatic heterocycles. The number of halogens is 2. The molecule has 106 valence electrons. The van der Waals surface area contributed by atoms with Gasteiger partial charge in [-0.2, -0.15) is 0 Å². The number of aromatic nitrogens is 1. The fraction of sp³-hybridized carbons (Fsp3) is 0.538. The van der Waals surface area contributed by atoms with Crippen LogP contribution in [0.3, 0.4) is 0 Å². The van der Waals surface area contributed by atoms with E-state index in [1.807, 2.05) is 13.8 Å². The van der Waals surface area contributed by atoms with Gasteiger partial charge in [0.15, 0.2) is 0 Å². The number of carbonyl (C=O) groups excluding carboxylic acids is 1. The largest absolute Gasteiger partial charge is 0.460 e. The Hall–Kier alpha value is -0.840. The highest BCUT2D eigenvalue weighted by atomic mass is 35.5. The van der Waals surface area contributed by atoms with Crippen molar-refractivity contribution in [1.82, 2.24) is 4.98 Å². The maximum Gasteiger partial charge on any atom is 0.323 e. The third-order valence-corrected chi connectivity index (χ3v) is 3.42. The van der Waals surface area contributed by atoms with Crippen molar-refractivity contribution in [2.75, 3.05) is 0 Å². The van der Waals surface area contributed by atoms with Gasteiger partial charge in [0.05, 0.1) is 0 Å². The Bertz CT molecular complexity index is 416. The van der Waals surface area contributed by atoms with E-state index in [0.29, 0.717) is 5.56 Å². The number of ether oxygens (including phenoxy) is 1. The molecule has 0 radical (unpaired) electrons. The van der Waals surface area contributed by atoms with E-state index in [0.717, 1.165) is 12.8 Å². The molecule has 0 saturated carbocycles. The fourth-order valence-electron chi connectivity index (χ4n) is 1.84. The number of carbonyl (C=O) groups is 1. The number of nitrogens with two attached hydrogens (primary N) is 1. The molecule has 2 N–H and O–H groups in total. The predicted molar refractivity (Wildman–Crippen MR) is 76.1 cm³/mol. The van der Waals surface area contributed by atoms with Crippen molar-refractivity contribution in [3.05, 3.63) is 28.0 Å². The summed E-state index contributed by atoms with van der Waals surface area (Å²) in [7, 11) is 0. The molecule has 0 aromatic carbocycles. The second-order valence-electron chi connectivity index (χ2n) is 4.33. The van der Waals surface area contributed by atoms with E-state index in [-0.39, 0.29) is 22.8 Å². The highest BCUT2D eigenvalue weighted by Gasteiger charge is 2.23. The van der Waals surface area contributed by atoms with Crippen LogP contribution >= 0.6 is 23.2 Å². The van der Waals surface area contributed by atoms with Crippen LogP contribution < -0.4 is 5.73 Å². The van der Waals surface area contributed by atoms with Gasteiger partial charge in [-0.15, -0.1) is 0 Å². The molecule has 0 aliphatic rings. The Kier molecular flexibility index (Phi) is 6.55. The minimum Gasteiger partial charge on any atom is -0.460 e. The summed E-state index contributed by atoms with van der Waals surface area (Å²) in [5, 5.41) is 0.533. The third-order valence-electron chi connectivity index (χ3n) is 3.03. The van der Waals surface area contributed by atoms with Gasteiger partial charge >= 0.3 is 5.97 Å². The maximum atomic E-state index is 11.8. The summed E-state index contributed by atoms with van der Waals surface area (Å²) in [4.78, 5) is 15.6. The number of pyridine rings is 1. The lowest BCUT2D eigenvalue weighted by molar-refractivity contribution is -0.148. The van der Waals surface area contributed by atoms with E-state index in [1.165, 1.54) is 0 Å². The molecule has 0 saturated heterocycles. The quantitative estimate of drug-likeness (QED) is 0.647. The first-order valence-corrected chi connectivity index (χ1v) is 6.97. The molecule has 0 aliphatic carbocycles. The Balaban J connectivity index is 2.58. The summed E-state index contributed by atoms with van der Waals surface area (Å²) >= 11 is 11.5. The first-order chi connectivity index (χ1) is 8.97. The number of hydrogen-bond acceptors (Lipinski definition) is 4. The van der Waals surface area contributed by atoms with Crippen molar-refractivity contribution in [2.45, 2.75) is 39.3 Å². The first kappa shape index (κ1) is 16.2. The molecule has 0 fully saturated rings. The average Bonchev–Trinajstić information content (AvgIpc) is 2.36. The SMILES string of the molecule is CCC(CC)[C@H](N)C(=O)OCc1cc(Cl)nc(Cl)c1. The molecular weight excluding hydrogens is 287 g/mol. The topological polar surface area (TPSA) is 65.2 Å². The highest BCUT2D eigenvalue weighted by molar-refractivity contribution is 6.32. The van der Waals surface area contributed by atoms with Gasteiger partial charge in [-0.05, 0) is 23.6 Å². The molecule has 1 aromatic rings. The van der Waals surface area contributed by atoms with Crippen molar-refractivity contribution in [2.24, 2.45) is 11.7 Å². The summed E-state index contributed by atoms with van der Waals surface area (Å²) in [5.41, 5.74) is 6.56. The number of rotatable bonds is 6. The van der Waals surface area contributed by atoms with Gasteiger partial charge in [-0.25, -0.2) is 4.98 Å². The van der Waals surface area contributed by atoms with Crippen molar-refractivity contribution in [1.29, 1.82) is 0 Å². The van der Waals surface area contributed by atoms with E-state index < -0.39 is 12.0 Å². The van der Waals surface area contributed by atoms with Crippen molar-refractivity contribution >= 4 is 29.2 Å². The van der Waals surface area contributed by atoms with Crippen LogP contribution in [0.1, 0.15) is 32.3 Å². The first-order valence-electron chi connectivity index (χ1n) is 6.22. The van der Waals surface area contributed by atoms with Crippen LogP contribution in [0, 0.1) is 5.92 Å². The van der Waals surface area contributed by atoms with E-state index in [9.17, 15) is 4.79 Å². The zero-order chi connectivity index (χ0) is 14.4. The van der Waals surface area contributed by atoms with Gasteiger partial charge in [-0.3, -0.25) is 4.79 Å². The maximum absolute atomic E-state index is 11.8. The summed E-state index contributed by atoms with van der Waals surface area (Å²) in [6, 6.07) is 2.61. The summed E-state index contributed by atoms with van der Waals surface area (Å²) < 4.78 is 5.18. The minimum absolute atomic E-state index is 0.0919. The molecule has 1 atom stereocenters. The summed E-state index contributed by atoms with van der Waals surface area (Å²) in [6.45, 7) is 4.10. The molecule has 1 heterocycles. The minimum atomic E-state index is -0.595. The lowest BCUT2D eigenvalue weighted by Crippen LogP contribution is -2.38. The zero-order valence-corrected chi connectivity index (χ0v) is 12.5. The number of esters is 1. The average molecular weight is 305 g/mol. The zero-order valence-electron chi connectivity index (χ0n) is 11.0. The standard InChI is InChI=1S/C13H18Cl2N2O2/c1-3-9(4-2)12(16)13(18)19-7-8-5-10(14)17-11(15)6-8/h5-6,9,12H,3-4,7,16H2,1-2H3/t12-/m0/s1. The third kappa shape index (κ3) is 4.97. The Labute approximate surface area is 123 Å². The molecule has 0 spiro atoms. The van der Waals surface area contributed by atoms with Gasteiger partial charge in [0, 0.05) is 0 Å². The van der Waals surface area contributed by atoms with Gasteiger partial charge in [0.25, 0.3) is 0 Å². The number of hydrogen-bond donors (Lipinski definition) is 1. The van der Waals surface area contributed by atoms with E-state index in [1.54, 1.807) is 12.1 Å². The summed E-state index contributed by atoms with van der Waals surface area (Å²) in [6.07, 6.45) is 1.69. The molecule has 0 amide bonds. The van der Waals surface area contributed by atoms with E-state index in [2.05, 4.69) is 4.98 Å². The highest BCUT2D eigenvalue weighted by Crippen LogP contribution is 2.17. The summed E-state index contributed by atoms with van der Waals surface area (Å²) in [5.74, 6) is -0.269. The van der Waals surface area contributed by atoms with Crippen LogP contribution in [-0.4, -0.2) is 17.0 Å². The van der Waals surface area contributed by atoms with Crippen molar-refractivity contribution < 1.29 is 9.53 Å². The van der Waals surface area contributed by atoms with E-state index >= 15 is 0 Å². The molecule has 0 bridgehead atoms. The Morgan fingerprint density at radius 3 is 2.32 bits per heavy atom. The normalized spacial score (nSPS) is 12.5. The van der Waals surface area contributed by atoms with Crippen molar-refractivity contribution in [3.63, 3.8) is 0 Å². The van der Waals surface area contributed by atoms with Gasteiger partial charge in [0.2, 0.25) is 0 Å². The van der Waals surface area contributed by atoms with Crippen LogP contribution in [0.15, 0.2) is 12.1 Å². The molecular formula is C13H18Cl2N2O2. The lowest BCUT2D eigenvalue weighted by Gasteiger charge is -2.19. The smallest absolute Gasteiger partial charge is 0.323 e. The monoisotopic (exact) mass is 304 g/mol. The van der Waals surface area contributed by atoms with Crippen LogP contribution in [0.4, 0.5) is 0 Å². The van der Waals surface area contributed by atoms with Crippen LogP contribution in [0.25, 0.3) is 0 Å². The fourth-order valence-corrected chi connectivity index (χ4v) is 2.34. The number of nitrogens with zero attached hydrogens (tertiary/aromatic N) is 1. The van der Waals surface area contributed by atoms with Gasteiger partial charge in [-0.1, -0.05) is 49.9 Å². The molecule has 1 rings (SSSR count). The van der Waals surface area contributed by atoms with Gasteiger partial charge in [0.1, 0.15) is 23.0 Å². The van der Waals surface area contributed by atoms with Crippen molar-refractivity contribution in [3.8, 4) is 0 Å². The van der Waals surface area contributed by atoms with E-state index in [4.69, 9.17) is 33.7 Å². The Morgan fingerprint density at radius 1 is 1.32 bits per heavy atom. The van der Waals surface area contributed by atoms with Crippen LogP contribution in [0.5, 0.6) is 0 Å². The van der Waals surface area contributed by atoms with Crippen LogP contribution in [0.2, 0.25) is 10.3 Å². The molecule has 0 unspecified atom stereocenters. The second-order valence-corrected chi connectivity index (χ2v) is 5.11. The predicted octanol–water partition coefficient (Wildman–Crippen LogP) is 3.20. The van der Waals surface area contributed by atoms with Gasteiger partial charge < -0.3 is 10.5 Å². The second kappa shape index (κ2) is 7.68.